The van der Waals surface area contributed by atoms with Gasteiger partial charge in [0.2, 0.25) is 9.84 Å². The summed E-state index contributed by atoms with van der Waals surface area (Å²) in [7, 11) is -1.75. The number of thioether (sulfide) groups is 1. The van der Waals surface area contributed by atoms with Crippen molar-refractivity contribution in [2.75, 3.05) is 0 Å². The van der Waals surface area contributed by atoms with E-state index < -0.39 is 9.84 Å². The number of aromatic nitrogens is 1. The van der Waals surface area contributed by atoms with E-state index in [1.807, 2.05) is 42.8 Å². The lowest BCUT2D eigenvalue weighted by atomic mass is 10.2. The number of benzene rings is 2. The Kier molecular flexibility index (Phi) is 4.23. The fourth-order valence-corrected chi connectivity index (χ4v) is 5.50. The highest BCUT2D eigenvalue weighted by atomic mass is 32.2. The zero-order valence-electron chi connectivity index (χ0n) is 12.9. The van der Waals surface area contributed by atoms with Gasteiger partial charge in [-0.05, 0) is 25.1 Å². The number of sulfone groups is 1. The van der Waals surface area contributed by atoms with Crippen molar-refractivity contribution < 1.29 is 8.42 Å². The van der Waals surface area contributed by atoms with E-state index in [-0.39, 0.29) is 5.37 Å². The number of fused-ring (bicyclic) bond motifs is 1. The van der Waals surface area contributed by atoms with Crippen molar-refractivity contribution in [3.8, 4) is 0 Å². The molecule has 0 spiro atoms. The van der Waals surface area contributed by atoms with Gasteiger partial charge in [-0.2, -0.15) is 0 Å². The fourth-order valence-electron chi connectivity index (χ4n) is 2.62. The molecule has 23 heavy (non-hydrogen) atoms. The first-order chi connectivity index (χ1) is 10.9. The van der Waals surface area contributed by atoms with Crippen LogP contribution in [0.1, 0.15) is 6.92 Å². The number of nitrogens with zero attached hydrogens (tertiary/aromatic N) is 1. The van der Waals surface area contributed by atoms with Crippen LogP contribution in [0.3, 0.4) is 0 Å². The van der Waals surface area contributed by atoms with Crippen molar-refractivity contribution in [2.24, 2.45) is 12.8 Å². The summed E-state index contributed by atoms with van der Waals surface area (Å²) in [6, 6.07) is 16.0. The van der Waals surface area contributed by atoms with Gasteiger partial charge < -0.3 is 10.3 Å². The van der Waals surface area contributed by atoms with Crippen LogP contribution in [0, 0.1) is 0 Å². The van der Waals surface area contributed by atoms with E-state index >= 15 is 0 Å². The Labute approximate surface area is 140 Å². The summed E-state index contributed by atoms with van der Waals surface area (Å²) in [6.07, 6.45) is 0. The summed E-state index contributed by atoms with van der Waals surface area (Å²) in [5.41, 5.74) is 6.80. The first kappa shape index (κ1) is 16.1. The van der Waals surface area contributed by atoms with Gasteiger partial charge in [-0.15, -0.1) is 0 Å². The summed E-state index contributed by atoms with van der Waals surface area (Å²) in [4.78, 5) is 0.631. The van der Waals surface area contributed by atoms with E-state index in [0.29, 0.717) is 14.8 Å². The van der Waals surface area contributed by atoms with E-state index in [2.05, 4.69) is 0 Å². The van der Waals surface area contributed by atoms with Crippen molar-refractivity contribution >= 4 is 32.5 Å². The standard InChI is InChI=1S/C17H18N2O2S2/c1-12(18)22-17-16(14-10-6-7-11-15(14)19(17)2)23(20,21)13-8-4-3-5-9-13/h3-12H,18H2,1-2H3. The zero-order chi connectivity index (χ0) is 16.6. The summed E-state index contributed by atoms with van der Waals surface area (Å²) in [5.74, 6) is 0. The quantitative estimate of drug-likeness (QED) is 0.581. The molecular formula is C17H18N2O2S2. The second-order valence-corrected chi connectivity index (χ2v) is 8.60. The highest BCUT2D eigenvalue weighted by Gasteiger charge is 2.28. The fraction of sp³-hybridized carbons (Fsp3) is 0.176. The molecule has 120 valence electrons. The lowest BCUT2D eigenvalue weighted by Gasteiger charge is -2.10. The van der Waals surface area contributed by atoms with E-state index in [4.69, 9.17) is 5.73 Å². The molecule has 0 aliphatic rings. The van der Waals surface area contributed by atoms with Crippen LogP contribution in [0.25, 0.3) is 10.9 Å². The van der Waals surface area contributed by atoms with Crippen LogP contribution in [-0.2, 0) is 16.9 Å². The van der Waals surface area contributed by atoms with Crippen molar-refractivity contribution in [1.29, 1.82) is 0 Å². The van der Waals surface area contributed by atoms with E-state index in [9.17, 15) is 8.42 Å². The molecule has 0 saturated heterocycles. The molecule has 0 bridgehead atoms. The van der Waals surface area contributed by atoms with Gasteiger partial charge in [-0.3, -0.25) is 0 Å². The Morgan fingerprint density at radius 1 is 1.04 bits per heavy atom. The molecule has 3 rings (SSSR count). The minimum absolute atomic E-state index is 0.206. The number of rotatable bonds is 4. The van der Waals surface area contributed by atoms with Crippen LogP contribution >= 0.6 is 11.8 Å². The second kappa shape index (κ2) is 6.03. The molecule has 0 aliphatic heterocycles. The third kappa shape index (κ3) is 2.78. The predicted octanol–water partition coefficient (Wildman–Crippen LogP) is 3.41. The molecule has 6 heteroatoms. The maximum absolute atomic E-state index is 13.2. The summed E-state index contributed by atoms with van der Waals surface area (Å²) >= 11 is 1.36. The Hall–Kier alpha value is -1.76. The smallest absolute Gasteiger partial charge is 0.209 e. The van der Waals surface area contributed by atoms with Gasteiger partial charge in [0.1, 0.15) is 4.90 Å². The van der Waals surface area contributed by atoms with Crippen LogP contribution < -0.4 is 5.73 Å². The summed E-state index contributed by atoms with van der Waals surface area (Å²) < 4.78 is 28.3. The van der Waals surface area contributed by atoms with Gasteiger partial charge in [-0.1, -0.05) is 48.2 Å². The Morgan fingerprint density at radius 2 is 1.65 bits per heavy atom. The predicted molar refractivity (Wildman–Crippen MR) is 94.3 cm³/mol. The van der Waals surface area contributed by atoms with E-state index in [0.717, 1.165) is 10.9 Å². The van der Waals surface area contributed by atoms with Crippen LogP contribution in [0.2, 0.25) is 0 Å². The molecule has 1 aromatic heterocycles. The number of hydrogen-bond donors (Lipinski definition) is 1. The molecule has 1 heterocycles. The average Bonchev–Trinajstić information content (AvgIpc) is 2.81. The molecule has 2 aromatic carbocycles. The Morgan fingerprint density at radius 3 is 2.30 bits per heavy atom. The first-order valence-corrected chi connectivity index (χ1v) is 9.59. The van der Waals surface area contributed by atoms with Crippen molar-refractivity contribution in [3.05, 3.63) is 54.6 Å². The minimum atomic E-state index is -3.62. The van der Waals surface area contributed by atoms with Gasteiger partial charge in [-0.25, -0.2) is 8.42 Å². The first-order valence-electron chi connectivity index (χ1n) is 7.22. The average molecular weight is 346 g/mol. The normalized spacial score (nSPS) is 13.3. The van der Waals surface area contributed by atoms with Gasteiger partial charge in [0, 0.05) is 18.0 Å². The van der Waals surface area contributed by atoms with Gasteiger partial charge in [0.25, 0.3) is 0 Å². The lowest BCUT2D eigenvalue weighted by molar-refractivity contribution is 0.593. The van der Waals surface area contributed by atoms with Gasteiger partial charge in [0.15, 0.2) is 0 Å². The third-order valence-corrected chi connectivity index (χ3v) is 6.67. The van der Waals surface area contributed by atoms with Crippen molar-refractivity contribution in [1.82, 2.24) is 4.57 Å². The lowest BCUT2D eigenvalue weighted by Crippen LogP contribution is -2.12. The monoisotopic (exact) mass is 346 g/mol. The Balaban J connectivity index is 2.36. The largest absolute Gasteiger partial charge is 0.338 e. The van der Waals surface area contributed by atoms with Crippen LogP contribution in [0.5, 0.6) is 0 Å². The molecule has 3 aromatic rings. The van der Waals surface area contributed by atoms with E-state index in [1.54, 1.807) is 30.3 Å². The molecule has 0 amide bonds. The molecule has 0 radical (unpaired) electrons. The molecule has 2 N–H and O–H groups in total. The molecule has 0 saturated carbocycles. The maximum atomic E-state index is 13.2. The topological polar surface area (TPSA) is 65.1 Å². The van der Waals surface area contributed by atoms with Gasteiger partial charge in [0.05, 0.1) is 15.3 Å². The highest BCUT2D eigenvalue weighted by Crippen LogP contribution is 2.39. The van der Waals surface area contributed by atoms with Crippen molar-refractivity contribution in [3.63, 3.8) is 0 Å². The maximum Gasteiger partial charge on any atom is 0.209 e. The van der Waals surface area contributed by atoms with Crippen LogP contribution in [0.4, 0.5) is 0 Å². The molecule has 4 nitrogen and oxygen atoms in total. The van der Waals surface area contributed by atoms with Crippen molar-refractivity contribution in [2.45, 2.75) is 27.1 Å². The SMILES string of the molecule is CC(N)Sc1c(S(=O)(=O)c2ccccc2)c2ccccc2n1C. The second-order valence-electron chi connectivity index (χ2n) is 5.35. The zero-order valence-corrected chi connectivity index (χ0v) is 14.6. The number of para-hydroxylation sites is 1. The van der Waals surface area contributed by atoms with Gasteiger partial charge >= 0.3 is 0 Å². The minimum Gasteiger partial charge on any atom is -0.338 e. The molecule has 0 aliphatic carbocycles. The van der Waals surface area contributed by atoms with Crippen LogP contribution in [0.15, 0.2) is 69.4 Å². The van der Waals surface area contributed by atoms with E-state index in [1.165, 1.54) is 11.8 Å². The number of nitrogens with two attached hydrogens (primary N) is 1. The Bertz CT molecular complexity index is 945. The van der Waals surface area contributed by atoms with Crippen LogP contribution in [-0.4, -0.2) is 18.4 Å². The third-order valence-electron chi connectivity index (χ3n) is 3.63. The molecule has 1 unspecified atom stereocenters. The molecular weight excluding hydrogens is 328 g/mol. The highest BCUT2D eigenvalue weighted by molar-refractivity contribution is 8.00. The summed E-state index contributed by atoms with van der Waals surface area (Å²) in [5, 5.41) is 1.19. The summed E-state index contributed by atoms with van der Waals surface area (Å²) in [6.45, 7) is 1.85. The number of hydrogen-bond acceptors (Lipinski definition) is 4. The number of aryl methyl sites for hydroxylation is 1. The molecule has 0 fully saturated rings. The molecule has 1 atom stereocenters.